The van der Waals surface area contributed by atoms with Crippen LogP contribution in [-0.2, 0) is 13.1 Å². The van der Waals surface area contributed by atoms with Crippen LogP contribution < -0.4 is 16.0 Å². The van der Waals surface area contributed by atoms with Crippen LogP contribution in [0.4, 0.5) is 10.7 Å². The summed E-state index contributed by atoms with van der Waals surface area (Å²) in [6.07, 6.45) is 3.73. The molecular weight excluding hydrogens is 308 g/mol. The molecule has 9 heteroatoms. The van der Waals surface area contributed by atoms with Crippen LogP contribution in [0.1, 0.15) is 15.5 Å². The van der Waals surface area contributed by atoms with Gasteiger partial charge in [-0.05, 0) is 6.26 Å². The summed E-state index contributed by atoms with van der Waals surface area (Å²) in [7, 11) is 1.61. The first-order chi connectivity index (χ1) is 10.2. The van der Waals surface area contributed by atoms with Gasteiger partial charge in [-0.15, -0.1) is 33.3 Å². The van der Waals surface area contributed by atoms with E-state index in [-0.39, 0.29) is 5.91 Å². The molecule has 0 unspecified atom stereocenters. The van der Waals surface area contributed by atoms with E-state index in [4.69, 9.17) is 5.73 Å². The summed E-state index contributed by atoms with van der Waals surface area (Å²) in [5, 5.41) is 11.7. The fourth-order valence-electron chi connectivity index (χ4n) is 2.34. The smallest absolute Gasteiger partial charge is 0.263 e. The van der Waals surface area contributed by atoms with Crippen molar-refractivity contribution in [3.63, 3.8) is 0 Å². The Morgan fingerprint density at radius 3 is 3.05 bits per heavy atom. The summed E-state index contributed by atoms with van der Waals surface area (Å²) in [4.78, 5) is 15.7. The van der Waals surface area contributed by atoms with Crippen molar-refractivity contribution in [3.05, 3.63) is 17.0 Å². The number of amides is 1. The molecule has 3 rings (SSSR count). The van der Waals surface area contributed by atoms with Crippen LogP contribution >= 0.6 is 23.1 Å². The van der Waals surface area contributed by atoms with Crippen LogP contribution in [0.25, 0.3) is 0 Å². The number of hydrogen-bond acceptors (Lipinski definition) is 7. The zero-order valence-electron chi connectivity index (χ0n) is 11.8. The molecule has 0 saturated heterocycles. The Kier molecular flexibility index (Phi) is 3.77. The molecule has 1 aliphatic rings. The number of nitrogen functional groups attached to an aromatic ring is 1. The Bertz CT molecular complexity index is 679. The van der Waals surface area contributed by atoms with Crippen LogP contribution in [0.5, 0.6) is 0 Å². The minimum Gasteiger partial charge on any atom is -0.396 e. The number of aromatic nitrogens is 3. The monoisotopic (exact) mass is 324 g/mol. The third-order valence-corrected chi connectivity index (χ3v) is 5.66. The number of rotatable bonds is 3. The molecular formula is C12H16N6OS2. The highest BCUT2D eigenvalue weighted by atomic mass is 32.2. The Morgan fingerprint density at radius 2 is 2.33 bits per heavy atom. The van der Waals surface area contributed by atoms with Crippen molar-refractivity contribution in [2.24, 2.45) is 0 Å². The standard InChI is InChI=1S/C12H16N6OS2/c1-14-11(19)9-8(13)10(20-2)12(21-9)17-3-4-18-6-15-16-7(18)5-17/h6H,3-5,13H2,1-2H3,(H,14,19). The lowest BCUT2D eigenvalue weighted by Gasteiger charge is -2.28. The SMILES string of the molecule is CNC(=O)c1sc(N2CCn3cnnc3C2)c(SC)c1N. The summed E-state index contributed by atoms with van der Waals surface area (Å²) in [6, 6.07) is 0. The maximum Gasteiger partial charge on any atom is 0.263 e. The molecule has 1 amide bonds. The summed E-state index contributed by atoms with van der Waals surface area (Å²) in [5.74, 6) is 0.793. The van der Waals surface area contributed by atoms with Gasteiger partial charge in [0, 0.05) is 20.1 Å². The van der Waals surface area contributed by atoms with Crippen molar-refractivity contribution in [3.8, 4) is 0 Å². The van der Waals surface area contributed by atoms with Gasteiger partial charge in [0.1, 0.15) is 16.2 Å². The second-order valence-electron chi connectivity index (χ2n) is 4.62. The maximum absolute atomic E-state index is 11.9. The van der Waals surface area contributed by atoms with Crippen LogP contribution in [0.3, 0.4) is 0 Å². The third-order valence-electron chi connectivity index (χ3n) is 3.45. The molecule has 0 atom stereocenters. The number of nitrogens with one attached hydrogen (secondary N) is 1. The molecule has 0 saturated carbocycles. The van der Waals surface area contributed by atoms with Gasteiger partial charge < -0.3 is 20.5 Å². The van der Waals surface area contributed by atoms with Gasteiger partial charge in [0.2, 0.25) is 0 Å². The minimum atomic E-state index is -0.140. The summed E-state index contributed by atoms with van der Waals surface area (Å²) in [6.45, 7) is 2.37. The van der Waals surface area contributed by atoms with E-state index in [1.54, 1.807) is 25.1 Å². The van der Waals surface area contributed by atoms with Crippen LogP contribution in [0.2, 0.25) is 0 Å². The van der Waals surface area contributed by atoms with Gasteiger partial charge in [-0.1, -0.05) is 0 Å². The third kappa shape index (κ3) is 2.36. The van der Waals surface area contributed by atoms with Crippen molar-refractivity contribution in [1.82, 2.24) is 20.1 Å². The molecule has 2 aromatic heterocycles. The number of nitrogens with zero attached hydrogens (tertiary/aromatic N) is 4. The number of nitrogens with two attached hydrogens (primary N) is 1. The summed E-state index contributed by atoms with van der Waals surface area (Å²) in [5.41, 5.74) is 6.71. The molecule has 7 nitrogen and oxygen atoms in total. The number of thioether (sulfide) groups is 1. The predicted molar refractivity (Wildman–Crippen MR) is 85.0 cm³/mol. The second kappa shape index (κ2) is 5.57. The first-order valence-corrected chi connectivity index (χ1v) is 8.49. The zero-order valence-corrected chi connectivity index (χ0v) is 13.4. The number of anilines is 2. The number of hydrogen-bond donors (Lipinski definition) is 2. The molecule has 0 fully saturated rings. The van der Waals surface area contributed by atoms with Crippen molar-refractivity contribution >= 4 is 39.7 Å². The highest BCUT2D eigenvalue weighted by Crippen LogP contribution is 2.44. The van der Waals surface area contributed by atoms with Gasteiger partial charge in [-0.2, -0.15) is 0 Å². The van der Waals surface area contributed by atoms with Gasteiger partial charge >= 0.3 is 0 Å². The number of fused-ring (bicyclic) bond motifs is 1. The minimum absolute atomic E-state index is 0.140. The molecule has 0 bridgehead atoms. The van der Waals surface area contributed by atoms with Crippen LogP contribution in [0.15, 0.2) is 11.2 Å². The van der Waals surface area contributed by atoms with E-state index >= 15 is 0 Å². The second-order valence-corrected chi connectivity index (χ2v) is 6.44. The molecule has 0 aliphatic carbocycles. The van der Waals surface area contributed by atoms with Crippen LogP contribution in [-0.4, -0.2) is 40.5 Å². The van der Waals surface area contributed by atoms with E-state index in [9.17, 15) is 4.79 Å². The van der Waals surface area contributed by atoms with Crippen LogP contribution in [0, 0.1) is 0 Å². The molecule has 3 N–H and O–H groups in total. The Morgan fingerprint density at radius 1 is 1.52 bits per heavy atom. The molecule has 2 aromatic rings. The zero-order chi connectivity index (χ0) is 15.0. The highest BCUT2D eigenvalue weighted by molar-refractivity contribution is 7.99. The molecule has 3 heterocycles. The van der Waals surface area contributed by atoms with E-state index < -0.39 is 0 Å². The number of carbonyl (C=O) groups excluding carboxylic acids is 1. The molecule has 1 aliphatic heterocycles. The average molecular weight is 324 g/mol. The van der Waals surface area contributed by atoms with Gasteiger partial charge in [0.05, 0.1) is 17.1 Å². The van der Waals surface area contributed by atoms with Crippen molar-refractivity contribution in [2.75, 3.05) is 30.5 Å². The lowest BCUT2D eigenvalue weighted by atomic mass is 10.3. The Hall–Kier alpha value is -1.74. The molecule has 112 valence electrons. The first-order valence-electron chi connectivity index (χ1n) is 6.45. The van der Waals surface area contributed by atoms with Crippen molar-refractivity contribution in [2.45, 2.75) is 18.0 Å². The van der Waals surface area contributed by atoms with E-state index in [1.807, 2.05) is 10.8 Å². The van der Waals surface area contributed by atoms with E-state index in [1.165, 1.54) is 11.3 Å². The largest absolute Gasteiger partial charge is 0.396 e. The molecule has 21 heavy (non-hydrogen) atoms. The van der Waals surface area contributed by atoms with Gasteiger partial charge in [-0.3, -0.25) is 4.79 Å². The number of carbonyl (C=O) groups is 1. The quantitative estimate of drug-likeness (QED) is 0.820. The molecule has 0 aromatic carbocycles. The van der Waals surface area contributed by atoms with Crippen molar-refractivity contribution in [1.29, 1.82) is 0 Å². The lowest BCUT2D eigenvalue weighted by molar-refractivity contribution is 0.0968. The maximum atomic E-state index is 11.9. The van der Waals surface area contributed by atoms with Crippen molar-refractivity contribution < 1.29 is 4.79 Å². The molecule has 0 radical (unpaired) electrons. The predicted octanol–water partition coefficient (Wildman–Crippen LogP) is 1.02. The summed E-state index contributed by atoms with van der Waals surface area (Å²) >= 11 is 3.01. The number of thiophene rings is 1. The lowest BCUT2D eigenvalue weighted by Crippen LogP contribution is -2.33. The average Bonchev–Trinajstić information content (AvgIpc) is 3.09. The van der Waals surface area contributed by atoms with E-state index in [2.05, 4.69) is 20.4 Å². The summed E-state index contributed by atoms with van der Waals surface area (Å²) < 4.78 is 2.05. The van der Waals surface area contributed by atoms with Gasteiger partial charge in [0.25, 0.3) is 5.91 Å². The van der Waals surface area contributed by atoms with E-state index in [0.717, 1.165) is 28.8 Å². The van der Waals surface area contributed by atoms with E-state index in [0.29, 0.717) is 17.1 Å². The normalized spacial score (nSPS) is 14.1. The first kappa shape index (κ1) is 14.2. The Balaban J connectivity index is 1.97. The highest BCUT2D eigenvalue weighted by Gasteiger charge is 2.26. The fourth-order valence-corrected chi connectivity index (χ4v) is 4.50. The fraction of sp³-hybridized carbons (Fsp3) is 0.417. The van der Waals surface area contributed by atoms with Gasteiger partial charge in [-0.25, -0.2) is 0 Å². The topological polar surface area (TPSA) is 89.1 Å². The molecule has 0 spiro atoms. The van der Waals surface area contributed by atoms with Gasteiger partial charge in [0.15, 0.2) is 5.82 Å². The Labute approximate surface area is 130 Å².